The smallest absolute Gasteiger partial charge is 0.104 e. The summed E-state index contributed by atoms with van der Waals surface area (Å²) in [5.41, 5.74) is 4.04. The number of nitrogens with zero attached hydrogens (tertiary/aromatic N) is 2. The van der Waals surface area contributed by atoms with Gasteiger partial charge in [-0.25, -0.2) is 0 Å². The van der Waals surface area contributed by atoms with Gasteiger partial charge in [-0.1, -0.05) is 42.4 Å². The molecule has 126 valence electrons. The number of pyridine rings is 1. The molecule has 7 heteroatoms. The predicted molar refractivity (Wildman–Crippen MR) is 105 cm³/mol. The van der Waals surface area contributed by atoms with E-state index in [1.54, 1.807) is 36.8 Å². The zero-order valence-corrected chi connectivity index (χ0v) is 14.7. The van der Waals surface area contributed by atoms with Crippen molar-refractivity contribution in [3.05, 3.63) is 83.4 Å². The second-order valence-corrected chi connectivity index (χ2v) is 6.02. The van der Waals surface area contributed by atoms with Crippen LogP contribution in [0.3, 0.4) is 0 Å². The van der Waals surface area contributed by atoms with Crippen LogP contribution in [0, 0.1) is 0 Å². The Labute approximate surface area is 155 Å². The lowest BCUT2D eigenvalue weighted by Crippen LogP contribution is -2.04. The maximum Gasteiger partial charge on any atom is 0.104 e. The number of hydrogen-bond donors (Lipinski definition) is 3. The lowest BCUT2D eigenvalue weighted by atomic mass is 10.1. The van der Waals surface area contributed by atoms with Gasteiger partial charge < -0.3 is 10.6 Å². The highest BCUT2D eigenvalue weighted by Gasteiger charge is 2.14. The highest BCUT2D eigenvalue weighted by molar-refractivity contribution is 6.37. The van der Waals surface area contributed by atoms with Crippen molar-refractivity contribution in [3.8, 4) is 0 Å². The summed E-state index contributed by atoms with van der Waals surface area (Å²) in [6, 6.07) is 9.03. The summed E-state index contributed by atoms with van der Waals surface area (Å²) in [6.45, 7) is 8.06. The van der Waals surface area contributed by atoms with Crippen LogP contribution in [0.5, 0.6) is 0 Å². The average Bonchev–Trinajstić information content (AvgIpc) is 3.04. The molecule has 0 bridgehead atoms. The van der Waals surface area contributed by atoms with Crippen molar-refractivity contribution in [1.82, 2.24) is 15.2 Å². The zero-order chi connectivity index (χ0) is 17.8. The zero-order valence-electron chi connectivity index (χ0n) is 13.2. The van der Waals surface area contributed by atoms with Crippen molar-refractivity contribution in [3.63, 3.8) is 0 Å². The van der Waals surface area contributed by atoms with Gasteiger partial charge in [0.15, 0.2) is 0 Å². The fourth-order valence-electron chi connectivity index (χ4n) is 2.30. The minimum Gasteiger partial charge on any atom is -0.353 e. The van der Waals surface area contributed by atoms with Gasteiger partial charge in [0.2, 0.25) is 0 Å². The Morgan fingerprint density at radius 1 is 0.960 bits per heavy atom. The van der Waals surface area contributed by atoms with Crippen LogP contribution in [0.2, 0.25) is 10.0 Å². The third kappa shape index (κ3) is 3.84. The number of aromatic amines is 1. The number of anilines is 2. The third-order valence-corrected chi connectivity index (χ3v) is 4.08. The molecule has 0 saturated heterocycles. The van der Waals surface area contributed by atoms with Gasteiger partial charge in [-0.2, -0.15) is 5.10 Å². The first-order chi connectivity index (χ1) is 12.1. The number of H-pyrrole nitrogens is 1. The first kappa shape index (κ1) is 17.1. The molecule has 0 aliphatic rings. The van der Waals surface area contributed by atoms with Crippen molar-refractivity contribution in [2.75, 3.05) is 10.6 Å². The molecule has 0 saturated carbocycles. The lowest BCUT2D eigenvalue weighted by molar-refractivity contribution is 1.07. The molecule has 0 spiro atoms. The molecule has 0 radical (unpaired) electrons. The van der Waals surface area contributed by atoms with Crippen molar-refractivity contribution in [2.24, 2.45) is 0 Å². The monoisotopic (exact) mass is 371 g/mol. The van der Waals surface area contributed by atoms with E-state index in [-0.39, 0.29) is 0 Å². The molecule has 0 aliphatic heterocycles. The molecule has 1 aromatic carbocycles. The summed E-state index contributed by atoms with van der Waals surface area (Å²) in [4.78, 5) is 4.06. The van der Waals surface area contributed by atoms with Gasteiger partial charge in [-0.05, 0) is 24.3 Å². The second kappa shape index (κ2) is 7.42. The van der Waals surface area contributed by atoms with E-state index in [1.165, 1.54) is 0 Å². The summed E-state index contributed by atoms with van der Waals surface area (Å²) < 4.78 is 0. The quantitative estimate of drug-likeness (QED) is 0.551. The van der Waals surface area contributed by atoms with Crippen LogP contribution in [-0.4, -0.2) is 15.2 Å². The Hall–Kier alpha value is -2.76. The number of aromatic nitrogens is 3. The fraction of sp³-hybridized carbons (Fsp3) is 0. The molecule has 5 nitrogen and oxygen atoms in total. The minimum atomic E-state index is 0.516. The molecule has 25 heavy (non-hydrogen) atoms. The standard InChI is InChI=1S/C18H15Cl2N5/c1-11(17-14(19)6-3-7-15(17)20)24-16-10-22-25-18(16)12(2)23-13-5-4-8-21-9-13/h3-10,23-24H,1-2H2,(H,22,25). The number of nitrogens with one attached hydrogen (secondary N) is 3. The van der Waals surface area contributed by atoms with Gasteiger partial charge in [-0.3, -0.25) is 10.1 Å². The van der Waals surface area contributed by atoms with E-state index in [9.17, 15) is 0 Å². The van der Waals surface area contributed by atoms with Crippen LogP contribution in [-0.2, 0) is 0 Å². The van der Waals surface area contributed by atoms with Crippen LogP contribution >= 0.6 is 23.2 Å². The molecule has 0 fully saturated rings. The molecular weight excluding hydrogens is 357 g/mol. The first-order valence-electron chi connectivity index (χ1n) is 7.36. The highest BCUT2D eigenvalue weighted by atomic mass is 35.5. The van der Waals surface area contributed by atoms with Crippen molar-refractivity contribution >= 4 is 46.0 Å². The van der Waals surface area contributed by atoms with Crippen LogP contribution < -0.4 is 10.6 Å². The molecule has 2 heterocycles. The Kier molecular flexibility index (Phi) is 5.07. The molecular formula is C18H15Cl2N5. The highest BCUT2D eigenvalue weighted by Crippen LogP contribution is 2.32. The van der Waals surface area contributed by atoms with Crippen molar-refractivity contribution < 1.29 is 0 Å². The van der Waals surface area contributed by atoms with E-state index in [1.807, 2.05) is 12.1 Å². The van der Waals surface area contributed by atoms with Crippen LogP contribution in [0.25, 0.3) is 11.4 Å². The van der Waals surface area contributed by atoms with Crippen molar-refractivity contribution in [1.29, 1.82) is 0 Å². The average molecular weight is 372 g/mol. The van der Waals surface area contributed by atoms with Crippen molar-refractivity contribution in [2.45, 2.75) is 0 Å². The van der Waals surface area contributed by atoms with Gasteiger partial charge in [0, 0.05) is 17.5 Å². The summed E-state index contributed by atoms with van der Waals surface area (Å²) in [5.74, 6) is 0. The molecule has 0 unspecified atom stereocenters. The molecule has 0 amide bonds. The van der Waals surface area contributed by atoms with Crippen LogP contribution in [0.15, 0.2) is 62.1 Å². The van der Waals surface area contributed by atoms with E-state index < -0.39 is 0 Å². The molecule has 3 aromatic rings. The summed E-state index contributed by atoms with van der Waals surface area (Å²) in [6.07, 6.45) is 5.05. The second-order valence-electron chi connectivity index (χ2n) is 5.20. The Morgan fingerprint density at radius 2 is 1.72 bits per heavy atom. The fourth-order valence-corrected chi connectivity index (χ4v) is 2.92. The molecule has 0 aliphatic carbocycles. The summed E-state index contributed by atoms with van der Waals surface area (Å²) in [5, 5.41) is 14.4. The molecule has 0 atom stereocenters. The number of rotatable bonds is 6. The largest absolute Gasteiger partial charge is 0.353 e. The van der Waals surface area contributed by atoms with Crippen LogP contribution in [0.4, 0.5) is 11.4 Å². The minimum absolute atomic E-state index is 0.516. The van der Waals surface area contributed by atoms with Gasteiger partial charge in [-0.15, -0.1) is 0 Å². The Bertz CT molecular complexity index is 898. The molecule has 3 rings (SSSR count). The van der Waals surface area contributed by atoms with E-state index in [0.29, 0.717) is 38.4 Å². The molecule has 2 aromatic heterocycles. The van der Waals surface area contributed by atoms with Crippen LogP contribution in [0.1, 0.15) is 11.3 Å². The van der Waals surface area contributed by atoms with E-state index in [2.05, 4.69) is 39.0 Å². The number of benzene rings is 1. The Morgan fingerprint density at radius 3 is 2.40 bits per heavy atom. The number of halogens is 2. The summed E-state index contributed by atoms with van der Waals surface area (Å²) >= 11 is 12.5. The topological polar surface area (TPSA) is 65.6 Å². The first-order valence-corrected chi connectivity index (χ1v) is 8.12. The normalized spacial score (nSPS) is 10.3. The van der Waals surface area contributed by atoms with Gasteiger partial charge in [0.05, 0.1) is 39.5 Å². The van der Waals surface area contributed by atoms with Gasteiger partial charge >= 0.3 is 0 Å². The Balaban J connectivity index is 1.80. The SMILES string of the molecule is C=C(Nc1cccnc1)c1[nH]ncc1NC(=C)c1c(Cl)cccc1Cl. The maximum absolute atomic E-state index is 6.23. The number of hydrogen-bond acceptors (Lipinski definition) is 4. The lowest BCUT2D eigenvalue weighted by Gasteiger charge is -2.14. The maximum atomic E-state index is 6.23. The third-order valence-electron chi connectivity index (χ3n) is 3.45. The van der Waals surface area contributed by atoms with E-state index >= 15 is 0 Å². The summed E-state index contributed by atoms with van der Waals surface area (Å²) in [7, 11) is 0. The van der Waals surface area contributed by atoms with E-state index in [4.69, 9.17) is 23.2 Å². The predicted octanol–water partition coefficient (Wildman–Crippen LogP) is 5.28. The van der Waals surface area contributed by atoms with Gasteiger partial charge in [0.25, 0.3) is 0 Å². The van der Waals surface area contributed by atoms with E-state index in [0.717, 1.165) is 5.69 Å². The molecule has 3 N–H and O–H groups in total. The van der Waals surface area contributed by atoms with Gasteiger partial charge in [0.1, 0.15) is 5.69 Å².